The van der Waals surface area contributed by atoms with Gasteiger partial charge in [-0.2, -0.15) is 0 Å². The van der Waals surface area contributed by atoms with Gasteiger partial charge in [0.05, 0.1) is 0 Å². The standard InChI is InChI=1S/C8H7N2O/c11-10-5-3-7-2-1-4-9-8(7)6-10/h1-6,11H/q+1. The smallest absolute Gasteiger partial charge is 0.248 e. The molecule has 1 N–H and O–H groups in total. The Hall–Kier alpha value is -1.64. The summed E-state index contributed by atoms with van der Waals surface area (Å²) in [7, 11) is 0. The molecular weight excluding hydrogens is 140 g/mol. The van der Waals surface area contributed by atoms with Crippen LogP contribution < -0.4 is 4.73 Å². The molecule has 0 fully saturated rings. The minimum absolute atomic E-state index is 0.789. The SMILES string of the molecule is O[n+]1ccc2cccnc2c1. The third kappa shape index (κ3) is 1.00. The molecule has 2 aromatic heterocycles. The van der Waals surface area contributed by atoms with Crippen molar-refractivity contribution in [2.45, 2.75) is 0 Å². The van der Waals surface area contributed by atoms with Crippen molar-refractivity contribution in [2.75, 3.05) is 0 Å². The van der Waals surface area contributed by atoms with Gasteiger partial charge in [-0.25, -0.2) is 4.98 Å². The lowest BCUT2D eigenvalue weighted by Crippen LogP contribution is -2.28. The van der Waals surface area contributed by atoms with Crippen molar-refractivity contribution in [3.05, 3.63) is 36.8 Å². The Kier molecular flexibility index (Phi) is 1.22. The zero-order valence-corrected chi connectivity index (χ0v) is 5.81. The molecule has 0 bridgehead atoms. The Labute approximate surface area is 63.5 Å². The lowest BCUT2D eigenvalue weighted by molar-refractivity contribution is -0.904. The fourth-order valence-corrected chi connectivity index (χ4v) is 1.00. The minimum Gasteiger partial charge on any atom is -0.285 e. The molecule has 2 heterocycles. The third-order valence-electron chi connectivity index (χ3n) is 1.53. The Morgan fingerprint density at radius 3 is 3.18 bits per heavy atom. The molecule has 2 aromatic rings. The van der Waals surface area contributed by atoms with Gasteiger partial charge in [0.15, 0.2) is 0 Å². The molecule has 0 aliphatic rings. The van der Waals surface area contributed by atoms with Gasteiger partial charge in [0.25, 0.3) is 0 Å². The highest BCUT2D eigenvalue weighted by molar-refractivity contribution is 5.75. The maximum absolute atomic E-state index is 9.01. The molecule has 0 aromatic carbocycles. The van der Waals surface area contributed by atoms with Crippen molar-refractivity contribution in [3.63, 3.8) is 0 Å². The maximum Gasteiger partial charge on any atom is 0.248 e. The van der Waals surface area contributed by atoms with Crippen LogP contribution in [0.15, 0.2) is 36.8 Å². The molecule has 11 heavy (non-hydrogen) atoms. The largest absolute Gasteiger partial charge is 0.285 e. The number of aromatic nitrogens is 2. The molecular formula is C8H7N2O+. The Balaban J connectivity index is 2.83. The predicted octanol–water partition coefficient (Wildman–Crippen LogP) is 0.760. The van der Waals surface area contributed by atoms with E-state index in [9.17, 15) is 0 Å². The highest BCUT2D eigenvalue weighted by Gasteiger charge is 1.99. The molecule has 54 valence electrons. The van der Waals surface area contributed by atoms with Crippen LogP contribution in [0.25, 0.3) is 10.9 Å². The van der Waals surface area contributed by atoms with Crippen LogP contribution in [-0.2, 0) is 0 Å². The van der Waals surface area contributed by atoms with Crippen LogP contribution in [0.5, 0.6) is 0 Å². The summed E-state index contributed by atoms with van der Waals surface area (Å²) in [6.07, 6.45) is 4.84. The molecule has 0 spiro atoms. The molecule has 0 saturated carbocycles. The van der Waals surface area contributed by atoms with Crippen LogP contribution in [0, 0.1) is 0 Å². The first-order valence-electron chi connectivity index (χ1n) is 3.31. The maximum atomic E-state index is 9.01. The van der Waals surface area contributed by atoms with Gasteiger partial charge in [0, 0.05) is 22.4 Å². The van der Waals surface area contributed by atoms with Crippen LogP contribution in [0.2, 0.25) is 0 Å². The lowest BCUT2D eigenvalue weighted by atomic mass is 10.3. The summed E-state index contributed by atoms with van der Waals surface area (Å²) in [5, 5.41) is 10.0. The fraction of sp³-hybridized carbons (Fsp3) is 0. The van der Waals surface area contributed by atoms with Gasteiger partial charge in [-0.15, -0.1) is 0 Å². The highest BCUT2D eigenvalue weighted by atomic mass is 16.5. The summed E-state index contributed by atoms with van der Waals surface area (Å²) in [5.41, 5.74) is 0.789. The van der Waals surface area contributed by atoms with E-state index in [1.807, 2.05) is 18.2 Å². The quantitative estimate of drug-likeness (QED) is 0.441. The van der Waals surface area contributed by atoms with Crippen molar-refractivity contribution in [1.82, 2.24) is 4.98 Å². The zero-order chi connectivity index (χ0) is 7.68. The second-order valence-electron chi connectivity index (χ2n) is 2.30. The van der Waals surface area contributed by atoms with E-state index >= 15 is 0 Å². The summed E-state index contributed by atoms with van der Waals surface area (Å²) in [4.78, 5) is 4.06. The van der Waals surface area contributed by atoms with Crippen LogP contribution in [0.4, 0.5) is 0 Å². The molecule has 2 rings (SSSR count). The number of hydrogen-bond donors (Lipinski definition) is 1. The number of fused-ring (bicyclic) bond motifs is 1. The second-order valence-corrected chi connectivity index (χ2v) is 2.30. The summed E-state index contributed by atoms with van der Waals surface area (Å²) in [6, 6.07) is 5.62. The first kappa shape index (κ1) is 6.09. The number of rotatable bonds is 0. The highest BCUT2D eigenvalue weighted by Crippen LogP contribution is 2.05. The van der Waals surface area contributed by atoms with Gasteiger partial charge >= 0.3 is 0 Å². The van der Waals surface area contributed by atoms with E-state index in [4.69, 9.17) is 5.21 Å². The zero-order valence-electron chi connectivity index (χ0n) is 5.81. The minimum atomic E-state index is 0.789. The molecule has 0 radical (unpaired) electrons. The van der Waals surface area contributed by atoms with Crippen molar-refractivity contribution >= 4 is 10.9 Å². The summed E-state index contributed by atoms with van der Waals surface area (Å²) in [5.74, 6) is 0. The van der Waals surface area contributed by atoms with Gasteiger partial charge in [-0.05, 0) is 6.07 Å². The number of pyridine rings is 2. The van der Waals surface area contributed by atoms with Gasteiger partial charge in [0.1, 0.15) is 5.52 Å². The van der Waals surface area contributed by atoms with Gasteiger partial charge in [0.2, 0.25) is 12.4 Å². The Morgan fingerprint density at radius 2 is 2.27 bits per heavy atom. The van der Waals surface area contributed by atoms with Crippen molar-refractivity contribution in [2.24, 2.45) is 0 Å². The van der Waals surface area contributed by atoms with E-state index in [0.29, 0.717) is 0 Å². The molecule has 0 aliphatic carbocycles. The first-order chi connectivity index (χ1) is 5.36. The van der Waals surface area contributed by atoms with Crippen LogP contribution in [-0.4, -0.2) is 10.2 Å². The predicted molar refractivity (Wildman–Crippen MR) is 39.1 cm³/mol. The lowest BCUT2D eigenvalue weighted by Gasteiger charge is -1.89. The van der Waals surface area contributed by atoms with Crippen LogP contribution in [0.3, 0.4) is 0 Å². The Bertz CT molecular complexity index is 387. The summed E-state index contributed by atoms with van der Waals surface area (Å²) >= 11 is 0. The summed E-state index contributed by atoms with van der Waals surface area (Å²) in [6.45, 7) is 0. The van der Waals surface area contributed by atoms with Gasteiger partial charge < -0.3 is 0 Å². The average molecular weight is 147 g/mol. The molecule has 0 unspecified atom stereocenters. The molecule has 0 saturated heterocycles. The molecule has 3 heteroatoms. The Morgan fingerprint density at radius 1 is 1.36 bits per heavy atom. The third-order valence-corrected chi connectivity index (χ3v) is 1.53. The van der Waals surface area contributed by atoms with E-state index in [1.54, 1.807) is 18.6 Å². The van der Waals surface area contributed by atoms with Crippen molar-refractivity contribution in [3.8, 4) is 0 Å². The molecule has 3 nitrogen and oxygen atoms in total. The molecule has 0 atom stereocenters. The number of hydrogen-bond acceptors (Lipinski definition) is 2. The van der Waals surface area contributed by atoms with E-state index in [0.717, 1.165) is 15.6 Å². The van der Waals surface area contributed by atoms with Gasteiger partial charge in [-0.3, -0.25) is 5.21 Å². The first-order valence-corrected chi connectivity index (χ1v) is 3.31. The second kappa shape index (κ2) is 2.20. The van der Waals surface area contributed by atoms with E-state index in [1.165, 1.54) is 0 Å². The average Bonchev–Trinajstić information content (AvgIpc) is 2.04. The van der Waals surface area contributed by atoms with Crippen LogP contribution in [0.1, 0.15) is 0 Å². The van der Waals surface area contributed by atoms with Crippen LogP contribution >= 0.6 is 0 Å². The topological polar surface area (TPSA) is 37.0 Å². The van der Waals surface area contributed by atoms with Crippen molar-refractivity contribution in [1.29, 1.82) is 0 Å². The summed E-state index contributed by atoms with van der Waals surface area (Å²) < 4.78 is 0.995. The molecule has 0 aliphatic heterocycles. The normalized spacial score (nSPS) is 10.2. The molecule has 0 amide bonds. The van der Waals surface area contributed by atoms with E-state index in [2.05, 4.69) is 4.98 Å². The monoisotopic (exact) mass is 147 g/mol. The van der Waals surface area contributed by atoms with Crippen molar-refractivity contribution < 1.29 is 9.94 Å². The van der Waals surface area contributed by atoms with Gasteiger partial charge in [-0.1, -0.05) is 6.07 Å². The fourth-order valence-electron chi connectivity index (χ4n) is 1.00. The van der Waals surface area contributed by atoms with E-state index in [-0.39, 0.29) is 0 Å². The number of nitrogens with zero attached hydrogens (tertiary/aromatic N) is 2. The van der Waals surface area contributed by atoms with E-state index < -0.39 is 0 Å².